The minimum Gasteiger partial charge on any atom is -0.481 e. The van der Waals surface area contributed by atoms with Crippen molar-refractivity contribution in [2.45, 2.75) is 44.6 Å². The van der Waals surface area contributed by atoms with Gasteiger partial charge in [-0.2, -0.15) is 0 Å². The number of rotatable bonds is 4. The lowest BCUT2D eigenvalue weighted by Crippen LogP contribution is -2.34. The molecule has 2 aliphatic rings. The first-order valence-electron chi connectivity index (χ1n) is 6.78. The molecule has 1 N–H and O–H groups in total. The molecular formula is C12H18N4O3. The largest absolute Gasteiger partial charge is 0.481 e. The minimum atomic E-state index is -0.728. The van der Waals surface area contributed by atoms with Gasteiger partial charge in [0.25, 0.3) is 0 Å². The zero-order chi connectivity index (χ0) is 13.3. The second kappa shape index (κ2) is 4.88. The molecule has 1 saturated heterocycles. The van der Waals surface area contributed by atoms with Gasteiger partial charge in [-0.05, 0) is 29.7 Å². The fourth-order valence-corrected chi connectivity index (χ4v) is 3.13. The maximum atomic E-state index is 11.6. The van der Waals surface area contributed by atoms with Crippen molar-refractivity contribution in [1.82, 2.24) is 20.2 Å². The standard InChI is InChI=1S/C12H18N4O3/c17-11(18)12(4-1-2-5-12)8-16-10(13-14-15-16)9-3-6-19-7-9/h9H,1-8H2,(H,17,18). The summed E-state index contributed by atoms with van der Waals surface area (Å²) in [5.74, 6) is 0.237. The number of carboxylic acids is 1. The average molecular weight is 266 g/mol. The van der Waals surface area contributed by atoms with Crippen molar-refractivity contribution in [3.05, 3.63) is 5.82 Å². The molecule has 0 radical (unpaired) electrons. The van der Waals surface area contributed by atoms with Gasteiger partial charge in [-0.25, -0.2) is 4.68 Å². The molecule has 0 amide bonds. The predicted octanol–water partition coefficient (Wildman–Crippen LogP) is 0.822. The van der Waals surface area contributed by atoms with Crippen molar-refractivity contribution in [2.75, 3.05) is 13.2 Å². The van der Waals surface area contributed by atoms with E-state index in [1.54, 1.807) is 4.68 Å². The first-order chi connectivity index (χ1) is 9.21. The van der Waals surface area contributed by atoms with E-state index in [9.17, 15) is 9.90 Å². The van der Waals surface area contributed by atoms with Crippen LogP contribution < -0.4 is 0 Å². The monoisotopic (exact) mass is 266 g/mol. The Morgan fingerprint density at radius 3 is 2.89 bits per heavy atom. The maximum absolute atomic E-state index is 11.6. The van der Waals surface area contributed by atoms with Crippen LogP contribution in [0.1, 0.15) is 43.8 Å². The lowest BCUT2D eigenvalue weighted by molar-refractivity contribution is -0.149. The average Bonchev–Trinajstić information content (AvgIpc) is 3.09. The molecule has 1 aliphatic carbocycles. The van der Waals surface area contributed by atoms with E-state index in [0.29, 0.717) is 26.0 Å². The fourth-order valence-electron chi connectivity index (χ4n) is 3.13. The number of ether oxygens (including phenoxy) is 1. The zero-order valence-corrected chi connectivity index (χ0v) is 10.8. The predicted molar refractivity (Wildman–Crippen MR) is 64.5 cm³/mol. The molecule has 0 spiro atoms. The van der Waals surface area contributed by atoms with E-state index in [-0.39, 0.29) is 5.92 Å². The second-order valence-corrected chi connectivity index (χ2v) is 5.55. The highest BCUT2D eigenvalue weighted by Gasteiger charge is 2.43. The van der Waals surface area contributed by atoms with Crippen LogP contribution >= 0.6 is 0 Å². The Morgan fingerprint density at radius 2 is 2.26 bits per heavy atom. The van der Waals surface area contributed by atoms with E-state index in [4.69, 9.17) is 4.74 Å². The third-order valence-corrected chi connectivity index (χ3v) is 4.32. The number of aliphatic carboxylic acids is 1. The summed E-state index contributed by atoms with van der Waals surface area (Å²) in [5, 5.41) is 21.3. The number of hydrogen-bond acceptors (Lipinski definition) is 5. The summed E-state index contributed by atoms with van der Waals surface area (Å²) in [5.41, 5.74) is -0.691. The Morgan fingerprint density at radius 1 is 1.47 bits per heavy atom. The maximum Gasteiger partial charge on any atom is 0.311 e. The number of aromatic nitrogens is 4. The van der Waals surface area contributed by atoms with Gasteiger partial charge in [0.05, 0.1) is 18.6 Å². The van der Waals surface area contributed by atoms with E-state index < -0.39 is 11.4 Å². The third-order valence-electron chi connectivity index (χ3n) is 4.32. The smallest absolute Gasteiger partial charge is 0.311 e. The zero-order valence-electron chi connectivity index (χ0n) is 10.8. The van der Waals surface area contributed by atoms with Gasteiger partial charge in [0.1, 0.15) is 0 Å². The summed E-state index contributed by atoms with van der Waals surface area (Å²) in [7, 11) is 0. The van der Waals surface area contributed by atoms with Crippen LogP contribution in [-0.2, 0) is 16.1 Å². The van der Waals surface area contributed by atoms with E-state index in [0.717, 1.165) is 31.7 Å². The van der Waals surface area contributed by atoms with Gasteiger partial charge in [0, 0.05) is 12.5 Å². The molecule has 104 valence electrons. The summed E-state index contributed by atoms with van der Waals surface area (Å²) in [6.07, 6.45) is 4.26. The molecule has 1 aromatic rings. The van der Waals surface area contributed by atoms with Gasteiger partial charge >= 0.3 is 5.97 Å². The van der Waals surface area contributed by atoms with E-state index in [1.165, 1.54) is 0 Å². The quantitative estimate of drug-likeness (QED) is 0.867. The Hall–Kier alpha value is -1.50. The summed E-state index contributed by atoms with van der Waals surface area (Å²) in [6, 6.07) is 0. The number of hydrogen-bond donors (Lipinski definition) is 1. The van der Waals surface area contributed by atoms with Gasteiger partial charge in [0.2, 0.25) is 0 Å². The van der Waals surface area contributed by atoms with Crippen LogP contribution in [0.4, 0.5) is 0 Å². The molecule has 1 aliphatic heterocycles. The van der Waals surface area contributed by atoms with Gasteiger partial charge in [-0.15, -0.1) is 5.10 Å². The third kappa shape index (κ3) is 2.22. The molecule has 0 bridgehead atoms. The van der Waals surface area contributed by atoms with Crippen molar-refractivity contribution in [2.24, 2.45) is 5.41 Å². The first kappa shape index (κ1) is 12.5. The second-order valence-electron chi connectivity index (χ2n) is 5.55. The summed E-state index contributed by atoms with van der Waals surface area (Å²) in [6.45, 7) is 1.73. The van der Waals surface area contributed by atoms with Crippen LogP contribution in [-0.4, -0.2) is 44.5 Å². The van der Waals surface area contributed by atoms with Gasteiger partial charge in [-0.1, -0.05) is 12.8 Å². The Balaban J connectivity index is 1.82. The normalized spacial score (nSPS) is 25.8. The molecule has 0 aromatic carbocycles. The van der Waals surface area contributed by atoms with Crippen molar-refractivity contribution in [3.63, 3.8) is 0 Å². The van der Waals surface area contributed by atoms with Crippen LogP contribution in [0.25, 0.3) is 0 Å². The number of nitrogens with zero attached hydrogens (tertiary/aromatic N) is 4. The van der Waals surface area contributed by atoms with Crippen LogP contribution in [0.2, 0.25) is 0 Å². The minimum absolute atomic E-state index is 0.197. The lowest BCUT2D eigenvalue weighted by Gasteiger charge is -2.24. The molecule has 1 atom stereocenters. The van der Waals surface area contributed by atoms with Gasteiger partial charge < -0.3 is 9.84 Å². The van der Waals surface area contributed by atoms with Crippen molar-refractivity contribution >= 4 is 5.97 Å². The Kier molecular flexibility index (Phi) is 3.22. The van der Waals surface area contributed by atoms with Gasteiger partial charge in [0.15, 0.2) is 5.82 Å². The number of carboxylic acid groups (broad SMARTS) is 1. The Bertz CT molecular complexity index is 461. The summed E-state index contributed by atoms with van der Waals surface area (Å²) in [4.78, 5) is 11.6. The van der Waals surface area contributed by atoms with E-state index in [2.05, 4.69) is 15.5 Å². The molecule has 1 aromatic heterocycles. The molecule has 1 unspecified atom stereocenters. The number of carbonyl (C=O) groups is 1. The molecule has 1 saturated carbocycles. The van der Waals surface area contributed by atoms with E-state index >= 15 is 0 Å². The highest BCUT2D eigenvalue weighted by atomic mass is 16.5. The summed E-state index contributed by atoms with van der Waals surface area (Å²) >= 11 is 0. The summed E-state index contributed by atoms with van der Waals surface area (Å²) < 4.78 is 7.03. The van der Waals surface area contributed by atoms with Crippen LogP contribution in [0.5, 0.6) is 0 Å². The topological polar surface area (TPSA) is 90.1 Å². The lowest BCUT2D eigenvalue weighted by atomic mass is 9.86. The van der Waals surface area contributed by atoms with Crippen LogP contribution in [0.15, 0.2) is 0 Å². The van der Waals surface area contributed by atoms with Crippen LogP contribution in [0, 0.1) is 5.41 Å². The highest BCUT2D eigenvalue weighted by molar-refractivity contribution is 5.74. The molecule has 2 fully saturated rings. The molecule has 7 heteroatoms. The first-order valence-corrected chi connectivity index (χ1v) is 6.78. The number of tetrazole rings is 1. The van der Waals surface area contributed by atoms with Crippen LogP contribution in [0.3, 0.4) is 0 Å². The Labute approximate surface area is 110 Å². The molecule has 3 rings (SSSR count). The SMILES string of the molecule is O=C(O)C1(Cn2nnnc2C2CCOC2)CCCC1. The van der Waals surface area contributed by atoms with Crippen molar-refractivity contribution in [1.29, 1.82) is 0 Å². The van der Waals surface area contributed by atoms with E-state index in [1.807, 2.05) is 0 Å². The highest BCUT2D eigenvalue weighted by Crippen LogP contribution is 2.40. The molecular weight excluding hydrogens is 248 g/mol. The van der Waals surface area contributed by atoms with Gasteiger partial charge in [-0.3, -0.25) is 4.79 Å². The van der Waals surface area contributed by atoms with Crippen molar-refractivity contribution < 1.29 is 14.6 Å². The molecule has 19 heavy (non-hydrogen) atoms. The molecule has 7 nitrogen and oxygen atoms in total. The fraction of sp³-hybridized carbons (Fsp3) is 0.833. The molecule has 2 heterocycles. The van der Waals surface area contributed by atoms with Crippen molar-refractivity contribution in [3.8, 4) is 0 Å².